The monoisotopic (exact) mass is 303 g/mol. The molecule has 0 spiro atoms. The van der Waals surface area contributed by atoms with E-state index in [1.54, 1.807) is 0 Å². The largest absolute Gasteiger partial charge is 0.305 e. The van der Waals surface area contributed by atoms with Crippen molar-refractivity contribution in [2.75, 3.05) is 38.7 Å². The van der Waals surface area contributed by atoms with Gasteiger partial charge >= 0.3 is 0 Å². The Morgan fingerprint density at radius 2 is 1.95 bits per heavy atom. The van der Waals surface area contributed by atoms with Crippen molar-refractivity contribution < 1.29 is 8.42 Å². The predicted octanol–water partition coefficient (Wildman–Crippen LogP) is 1.41. The first-order valence-electron chi connectivity index (χ1n) is 7.31. The number of sulfone groups is 1. The van der Waals surface area contributed by atoms with E-state index in [1.165, 1.54) is 6.26 Å². The van der Waals surface area contributed by atoms with E-state index in [0.29, 0.717) is 6.54 Å². The maximum absolute atomic E-state index is 11.1. The molecule has 0 aromatic heterocycles. The second-order valence-electron chi connectivity index (χ2n) is 5.51. The molecule has 1 unspecified atom stereocenters. The summed E-state index contributed by atoms with van der Waals surface area (Å²) >= 11 is 0. The fraction of sp³-hybridized carbons (Fsp3) is 0.929. The number of nitrogens with zero attached hydrogens (tertiary/aromatic N) is 2. The highest BCUT2D eigenvalue weighted by atomic mass is 32.2. The Morgan fingerprint density at radius 1 is 1.30 bits per heavy atom. The van der Waals surface area contributed by atoms with E-state index in [2.05, 4.69) is 18.3 Å². The Hall–Kier alpha value is -0.640. The van der Waals surface area contributed by atoms with Crippen LogP contribution in [0, 0.1) is 11.3 Å². The second kappa shape index (κ2) is 9.32. The number of hydrogen-bond acceptors (Lipinski definition) is 5. The maximum Gasteiger partial charge on any atom is 0.148 e. The average molecular weight is 303 g/mol. The fourth-order valence-electron chi connectivity index (χ4n) is 2.01. The van der Waals surface area contributed by atoms with Crippen LogP contribution in [0.5, 0.6) is 0 Å². The summed E-state index contributed by atoms with van der Waals surface area (Å²) < 4.78 is 22.2. The first-order chi connectivity index (χ1) is 9.28. The van der Waals surface area contributed by atoms with Crippen LogP contribution in [0.2, 0.25) is 0 Å². The highest BCUT2D eigenvalue weighted by Crippen LogP contribution is 2.16. The first kappa shape index (κ1) is 19.4. The van der Waals surface area contributed by atoms with Crippen molar-refractivity contribution >= 4 is 9.84 Å². The maximum atomic E-state index is 11.1. The van der Waals surface area contributed by atoms with Crippen LogP contribution in [0.1, 0.15) is 39.5 Å². The van der Waals surface area contributed by atoms with Gasteiger partial charge in [0.25, 0.3) is 0 Å². The minimum atomic E-state index is -2.90. The molecule has 0 amide bonds. The molecule has 0 radical (unpaired) electrons. The first-order valence-corrected chi connectivity index (χ1v) is 9.37. The zero-order valence-electron chi connectivity index (χ0n) is 13.3. The van der Waals surface area contributed by atoms with Gasteiger partial charge in [-0.3, -0.25) is 5.32 Å². The number of nitriles is 1. The Labute approximate surface area is 124 Å². The van der Waals surface area contributed by atoms with Crippen LogP contribution in [0.15, 0.2) is 0 Å². The minimum Gasteiger partial charge on any atom is -0.305 e. The molecule has 5 nitrogen and oxygen atoms in total. The van der Waals surface area contributed by atoms with Crippen LogP contribution in [0.25, 0.3) is 0 Å². The average Bonchev–Trinajstić information content (AvgIpc) is 2.40. The van der Waals surface area contributed by atoms with E-state index in [1.807, 2.05) is 18.9 Å². The minimum absolute atomic E-state index is 0.189. The van der Waals surface area contributed by atoms with E-state index in [4.69, 9.17) is 0 Å². The van der Waals surface area contributed by atoms with Gasteiger partial charge in [-0.05, 0) is 45.8 Å². The molecule has 0 aliphatic heterocycles. The van der Waals surface area contributed by atoms with E-state index < -0.39 is 15.4 Å². The van der Waals surface area contributed by atoms with Gasteiger partial charge < -0.3 is 4.90 Å². The quantitative estimate of drug-likeness (QED) is 0.625. The number of hydrogen-bond donors (Lipinski definition) is 1. The van der Waals surface area contributed by atoms with E-state index in [9.17, 15) is 13.7 Å². The summed E-state index contributed by atoms with van der Waals surface area (Å²) in [5.74, 6) is 0.189. The van der Waals surface area contributed by atoms with Gasteiger partial charge in [-0.15, -0.1) is 0 Å². The Balaban J connectivity index is 4.14. The lowest BCUT2D eigenvalue weighted by Gasteiger charge is -2.27. The third kappa shape index (κ3) is 8.51. The van der Waals surface area contributed by atoms with Gasteiger partial charge in [0.15, 0.2) is 0 Å². The third-order valence-corrected chi connectivity index (χ3v) is 4.44. The van der Waals surface area contributed by atoms with Crippen molar-refractivity contribution in [1.29, 1.82) is 5.26 Å². The van der Waals surface area contributed by atoms with Crippen molar-refractivity contribution in [3.63, 3.8) is 0 Å². The molecular weight excluding hydrogens is 274 g/mol. The van der Waals surface area contributed by atoms with Crippen LogP contribution >= 0.6 is 0 Å². The van der Waals surface area contributed by atoms with Gasteiger partial charge in [0.05, 0.1) is 11.8 Å². The molecule has 20 heavy (non-hydrogen) atoms. The molecule has 0 saturated heterocycles. The summed E-state index contributed by atoms with van der Waals surface area (Å²) in [5, 5.41) is 12.7. The highest BCUT2D eigenvalue weighted by molar-refractivity contribution is 7.90. The van der Waals surface area contributed by atoms with Gasteiger partial charge in [-0.25, -0.2) is 8.42 Å². The molecule has 0 aromatic rings. The zero-order valence-corrected chi connectivity index (χ0v) is 14.1. The molecule has 0 aliphatic rings. The van der Waals surface area contributed by atoms with Gasteiger partial charge in [0.2, 0.25) is 0 Å². The summed E-state index contributed by atoms with van der Waals surface area (Å²) in [7, 11) is -0.979. The predicted molar refractivity (Wildman–Crippen MR) is 83.4 cm³/mol. The van der Waals surface area contributed by atoms with Crippen molar-refractivity contribution in [3.05, 3.63) is 0 Å². The molecule has 1 atom stereocenters. The Kier molecular flexibility index (Phi) is 9.03. The summed E-state index contributed by atoms with van der Waals surface area (Å²) in [6, 6.07) is 2.40. The molecule has 0 bridgehead atoms. The van der Waals surface area contributed by atoms with Crippen LogP contribution < -0.4 is 5.32 Å². The smallest absolute Gasteiger partial charge is 0.148 e. The molecule has 1 N–H and O–H groups in total. The van der Waals surface area contributed by atoms with E-state index in [-0.39, 0.29) is 5.75 Å². The highest BCUT2D eigenvalue weighted by Gasteiger charge is 2.26. The molecule has 6 heteroatoms. The molecule has 0 rings (SSSR count). The molecule has 0 heterocycles. The van der Waals surface area contributed by atoms with Crippen LogP contribution in [0.4, 0.5) is 0 Å². The number of nitrogens with one attached hydrogen (secondary N) is 1. The fourth-order valence-corrected chi connectivity index (χ4v) is 2.66. The van der Waals surface area contributed by atoms with Crippen molar-refractivity contribution in [2.45, 2.75) is 45.1 Å². The van der Waals surface area contributed by atoms with E-state index >= 15 is 0 Å². The summed E-state index contributed by atoms with van der Waals surface area (Å²) in [6.45, 7) is 6.33. The molecule has 118 valence electrons. The number of rotatable bonds is 11. The van der Waals surface area contributed by atoms with Gasteiger partial charge in [-0.2, -0.15) is 5.26 Å². The SMILES string of the molecule is CCCNC(C#N)(CC)CCCN(C)CCS(C)(=O)=O. The topological polar surface area (TPSA) is 73.2 Å². The normalized spacial score (nSPS) is 15.0. The molecular formula is C14H29N3O2S. The van der Waals surface area contributed by atoms with Crippen molar-refractivity contribution in [3.8, 4) is 6.07 Å². The van der Waals surface area contributed by atoms with Crippen LogP contribution in [-0.2, 0) is 9.84 Å². The standard InChI is InChI=1S/C14H29N3O2S/c1-5-9-16-14(6-2,13-15)8-7-10-17(3)11-12-20(4,18)19/h16H,5-12H2,1-4H3. The van der Waals surface area contributed by atoms with Gasteiger partial charge in [0, 0.05) is 12.8 Å². The van der Waals surface area contributed by atoms with Crippen LogP contribution in [0.3, 0.4) is 0 Å². The third-order valence-electron chi connectivity index (χ3n) is 3.52. The Morgan fingerprint density at radius 3 is 2.40 bits per heavy atom. The molecule has 0 fully saturated rings. The van der Waals surface area contributed by atoms with E-state index in [0.717, 1.165) is 38.8 Å². The van der Waals surface area contributed by atoms with Crippen molar-refractivity contribution in [2.24, 2.45) is 0 Å². The van der Waals surface area contributed by atoms with Gasteiger partial charge in [-0.1, -0.05) is 13.8 Å². The van der Waals surface area contributed by atoms with Crippen molar-refractivity contribution in [1.82, 2.24) is 10.2 Å². The molecule has 0 saturated carbocycles. The summed E-state index contributed by atoms with van der Waals surface area (Å²) in [6.07, 6.45) is 4.74. The summed E-state index contributed by atoms with van der Waals surface area (Å²) in [4.78, 5) is 2.01. The lowest BCUT2D eigenvalue weighted by molar-refractivity contribution is 0.304. The Bertz CT molecular complexity index is 403. The molecule has 0 aromatic carbocycles. The van der Waals surface area contributed by atoms with Crippen LogP contribution in [-0.4, -0.2) is 57.5 Å². The lowest BCUT2D eigenvalue weighted by atomic mass is 9.91. The summed E-state index contributed by atoms with van der Waals surface area (Å²) in [5.41, 5.74) is -0.437. The zero-order chi connectivity index (χ0) is 15.6. The lowest BCUT2D eigenvalue weighted by Crippen LogP contribution is -2.44. The molecule has 0 aliphatic carbocycles. The second-order valence-corrected chi connectivity index (χ2v) is 7.77. The van der Waals surface area contributed by atoms with Gasteiger partial charge in [0.1, 0.15) is 15.4 Å².